The van der Waals surface area contributed by atoms with Gasteiger partial charge in [-0.1, -0.05) is 29.4 Å². The zero-order chi connectivity index (χ0) is 23.1. The van der Waals surface area contributed by atoms with Crippen LogP contribution in [0.1, 0.15) is 0 Å². The molecule has 1 aromatic heterocycles. The number of hydrogen-bond donors (Lipinski definition) is 1. The van der Waals surface area contributed by atoms with Crippen LogP contribution in [-0.2, 0) is 11.3 Å². The number of ether oxygens (including phenoxy) is 3. The summed E-state index contributed by atoms with van der Waals surface area (Å²) in [7, 11) is 4.67. The Hall–Kier alpha value is -3.17. The highest BCUT2D eigenvalue weighted by atomic mass is 35.5. The second kappa shape index (κ2) is 10.9. The summed E-state index contributed by atoms with van der Waals surface area (Å²) in [5.41, 5.74) is 1.22. The smallest absolute Gasteiger partial charge is 0.234 e. The third-order valence-electron chi connectivity index (χ3n) is 4.44. The molecule has 3 aromatic rings. The van der Waals surface area contributed by atoms with Gasteiger partial charge < -0.3 is 19.5 Å². The first kappa shape index (κ1) is 23.5. The molecule has 0 aliphatic rings. The molecule has 0 bridgehead atoms. The second-order valence-corrected chi connectivity index (χ2v) is 7.83. The summed E-state index contributed by atoms with van der Waals surface area (Å²) in [6, 6.07) is 10.5. The van der Waals surface area contributed by atoms with E-state index in [1.54, 1.807) is 56.7 Å². The van der Waals surface area contributed by atoms with Crippen molar-refractivity contribution in [1.29, 1.82) is 0 Å². The topological polar surface area (TPSA) is 87.5 Å². The summed E-state index contributed by atoms with van der Waals surface area (Å²) in [6.07, 6.45) is 1.73. The predicted octanol–water partition coefficient (Wildman–Crippen LogP) is 4.54. The number of carbonyl (C=O) groups excluding carboxylic acids is 1. The van der Waals surface area contributed by atoms with Gasteiger partial charge in [-0.05, 0) is 30.3 Å². The number of thioether (sulfide) groups is 1. The van der Waals surface area contributed by atoms with Gasteiger partial charge in [0, 0.05) is 17.6 Å². The molecule has 32 heavy (non-hydrogen) atoms. The van der Waals surface area contributed by atoms with Crippen LogP contribution in [0, 0.1) is 0 Å². The van der Waals surface area contributed by atoms with Crippen LogP contribution < -0.4 is 19.5 Å². The molecule has 1 N–H and O–H groups in total. The number of halogens is 1. The molecule has 3 rings (SSSR count). The summed E-state index contributed by atoms with van der Waals surface area (Å²) in [5, 5.41) is 12.5. The van der Waals surface area contributed by atoms with Crippen molar-refractivity contribution in [3.63, 3.8) is 0 Å². The first-order valence-corrected chi connectivity index (χ1v) is 10.9. The highest BCUT2D eigenvalue weighted by Crippen LogP contribution is 2.34. The van der Waals surface area contributed by atoms with Crippen molar-refractivity contribution in [2.75, 3.05) is 32.4 Å². The number of anilines is 1. The lowest BCUT2D eigenvalue weighted by molar-refractivity contribution is -0.113. The van der Waals surface area contributed by atoms with Crippen LogP contribution in [0.5, 0.6) is 17.2 Å². The van der Waals surface area contributed by atoms with Crippen LogP contribution in [0.4, 0.5) is 5.69 Å². The van der Waals surface area contributed by atoms with Crippen molar-refractivity contribution in [2.45, 2.75) is 11.7 Å². The van der Waals surface area contributed by atoms with Crippen molar-refractivity contribution in [3.05, 3.63) is 54.1 Å². The van der Waals surface area contributed by atoms with Crippen LogP contribution in [0.15, 0.2) is 54.2 Å². The molecular formula is C22H23ClN4O4S. The monoisotopic (exact) mass is 474 g/mol. The Bertz CT molecular complexity index is 1120. The molecule has 0 aliphatic heterocycles. The van der Waals surface area contributed by atoms with Crippen LogP contribution in [0.2, 0.25) is 5.02 Å². The summed E-state index contributed by atoms with van der Waals surface area (Å²) in [4.78, 5) is 12.6. The molecule has 1 amide bonds. The van der Waals surface area contributed by atoms with E-state index in [1.807, 2.05) is 4.57 Å². The number of benzene rings is 2. The number of aromatic nitrogens is 3. The summed E-state index contributed by atoms with van der Waals surface area (Å²) >= 11 is 7.43. The number of methoxy groups -OCH3 is 3. The molecule has 2 aromatic carbocycles. The summed E-state index contributed by atoms with van der Waals surface area (Å²) in [5.74, 6) is 2.22. The van der Waals surface area contributed by atoms with Crippen molar-refractivity contribution in [3.8, 4) is 28.6 Å². The number of nitrogens with zero attached hydrogens (tertiary/aromatic N) is 3. The SMILES string of the molecule is C=CCn1c(SCC(=O)Nc2cc(OC)ccc2OC)nnc1-c1cc(Cl)ccc1OC. The van der Waals surface area contributed by atoms with Crippen molar-refractivity contribution < 1.29 is 19.0 Å². The lowest BCUT2D eigenvalue weighted by Gasteiger charge is -2.12. The highest BCUT2D eigenvalue weighted by molar-refractivity contribution is 7.99. The maximum Gasteiger partial charge on any atom is 0.234 e. The van der Waals surface area contributed by atoms with E-state index < -0.39 is 0 Å². The normalized spacial score (nSPS) is 10.5. The fraction of sp³-hybridized carbons (Fsp3) is 0.227. The summed E-state index contributed by atoms with van der Waals surface area (Å²) in [6.45, 7) is 4.26. The fourth-order valence-electron chi connectivity index (χ4n) is 2.97. The van der Waals surface area contributed by atoms with Gasteiger partial charge in [0.15, 0.2) is 11.0 Å². The van der Waals surface area contributed by atoms with Gasteiger partial charge in [0.2, 0.25) is 5.91 Å². The number of rotatable bonds is 10. The third-order valence-corrected chi connectivity index (χ3v) is 5.65. The Balaban J connectivity index is 1.80. The van der Waals surface area contributed by atoms with Crippen molar-refractivity contribution in [1.82, 2.24) is 14.8 Å². The second-order valence-electron chi connectivity index (χ2n) is 6.45. The minimum atomic E-state index is -0.225. The molecule has 8 nitrogen and oxygen atoms in total. The van der Waals surface area contributed by atoms with Gasteiger partial charge in [0.25, 0.3) is 0 Å². The first-order chi connectivity index (χ1) is 15.5. The van der Waals surface area contributed by atoms with Gasteiger partial charge in [0.1, 0.15) is 17.2 Å². The number of carbonyl (C=O) groups is 1. The van der Waals surface area contributed by atoms with Gasteiger partial charge >= 0.3 is 0 Å². The molecule has 0 aliphatic carbocycles. The predicted molar refractivity (Wildman–Crippen MR) is 126 cm³/mol. The number of allylic oxidation sites excluding steroid dienone is 1. The fourth-order valence-corrected chi connectivity index (χ4v) is 3.89. The lowest BCUT2D eigenvalue weighted by Crippen LogP contribution is -2.15. The van der Waals surface area contributed by atoms with Gasteiger partial charge in [0.05, 0.1) is 38.3 Å². The molecule has 0 unspecified atom stereocenters. The molecule has 0 spiro atoms. The van der Waals surface area contributed by atoms with Crippen molar-refractivity contribution >= 4 is 35.0 Å². The number of hydrogen-bond acceptors (Lipinski definition) is 7. The molecule has 10 heteroatoms. The number of nitrogens with one attached hydrogen (secondary N) is 1. The standard InChI is InChI=1S/C22H23ClN4O4S/c1-5-10-27-21(16-11-14(23)6-8-18(16)30-3)25-26-22(27)32-13-20(28)24-17-12-15(29-2)7-9-19(17)31-4/h5-9,11-12H,1,10,13H2,2-4H3,(H,24,28). The summed E-state index contributed by atoms with van der Waals surface area (Å²) < 4.78 is 17.8. The van der Waals surface area contributed by atoms with Gasteiger partial charge in [-0.25, -0.2) is 0 Å². The third kappa shape index (κ3) is 5.35. The van der Waals surface area contributed by atoms with E-state index >= 15 is 0 Å². The molecular weight excluding hydrogens is 452 g/mol. The van der Waals surface area contributed by atoms with Gasteiger partial charge in [-0.2, -0.15) is 0 Å². The van der Waals surface area contributed by atoms with E-state index in [4.69, 9.17) is 25.8 Å². The van der Waals surface area contributed by atoms with E-state index in [0.29, 0.717) is 51.0 Å². The van der Waals surface area contributed by atoms with Crippen LogP contribution in [-0.4, -0.2) is 47.8 Å². The van der Waals surface area contributed by atoms with Crippen LogP contribution in [0.25, 0.3) is 11.4 Å². The van der Waals surface area contributed by atoms with Crippen LogP contribution in [0.3, 0.4) is 0 Å². The first-order valence-electron chi connectivity index (χ1n) is 9.53. The minimum Gasteiger partial charge on any atom is -0.497 e. The lowest BCUT2D eigenvalue weighted by atomic mass is 10.2. The Morgan fingerprint density at radius 2 is 1.88 bits per heavy atom. The highest BCUT2D eigenvalue weighted by Gasteiger charge is 2.19. The Labute approximate surface area is 195 Å². The minimum absolute atomic E-state index is 0.113. The average molecular weight is 475 g/mol. The molecule has 0 saturated heterocycles. The molecule has 0 fully saturated rings. The van der Waals surface area contributed by atoms with E-state index in [1.165, 1.54) is 18.9 Å². The van der Waals surface area contributed by atoms with Gasteiger partial charge in [-0.15, -0.1) is 16.8 Å². The van der Waals surface area contributed by atoms with E-state index in [0.717, 1.165) is 0 Å². The van der Waals surface area contributed by atoms with E-state index in [9.17, 15) is 4.79 Å². The largest absolute Gasteiger partial charge is 0.497 e. The van der Waals surface area contributed by atoms with E-state index in [2.05, 4.69) is 22.1 Å². The van der Waals surface area contributed by atoms with Gasteiger partial charge in [-0.3, -0.25) is 9.36 Å². The zero-order valence-corrected chi connectivity index (χ0v) is 19.5. The Morgan fingerprint density at radius 3 is 2.56 bits per heavy atom. The maximum atomic E-state index is 12.6. The molecule has 1 heterocycles. The Morgan fingerprint density at radius 1 is 1.12 bits per heavy atom. The zero-order valence-electron chi connectivity index (χ0n) is 17.9. The number of amides is 1. The molecule has 0 saturated carbocycles. The van der Waals surface area contributed by atoms with Crippen LogP contribution >= 0.6 is 23.4 Å². The van der Waals surface area contributed by atoms with E-state index in [-0.39, 0.29) is 11.7 Å². The Kier molecular flexibility index (Phi) is 8.02. The van der Waals surface area contributed by atoms with Crippen molar-refractivity contribution in [2.24, 2.45) is 0 Å². The average Bonchev–Trinajstić information content (AvgIpc) is 3.20. The quantitative estimate of drug-likeness (QED) is 0.341. The molecule has 168 valence electrons. The maximum absolute atomic E-state index is 12.6. The molecule has 0 radical (unpaired) electrons. The molecule has 0 atom stereocenters.